The summed E-state index contributed by atoms with van der Waals surface area (Å²) in [5, 5.41) is 4.90. The van der Waals surface area contributed by atoms with Gasteiger partial charge in [-0.25, -0.2) is 15.0 Å². The van der Waals surface area contributed by atoms with E-state index in [4.69, 9.17) is 16.3 Å². The van der Waals surface area contributed by atoms with Gasteiger partial charge >= 0.3 is 0 Å². The first-order valence-corrected chi connectivity index (χ1v) is 10.5. The summed E-state index contributed by atoms with van der Waals surface area (Å²) in [5.41, 5.74) is 4.57. The number of nitrogens with one attached hydrogen (secondary N) is 2. The highest BCUT2D eigenvalue weighted by atomic mass is 35.5. The standard InChI is InChI=1S/C23H21ClN6O/c24-17-2-1-3-19(12-17)28-22-20-13-21(29-23(20)26-14-25-22)16-4-6-18(7-5-16)27-15-30-8-10-31-11-9-30/h1-7,12-15H,8-11H2,(H2,25,26,28,29)/b27-15+. The van der Waals surface area contributed by atoms with Gasteiger partial charge in [-0.3, -0.25) is 0 Å². The minimum Gasteiger partial charge on any atom is -0.378 e. The Morgan fingerprint density at radius 1 is 1.06 bits per heavy atom. The van der Waals surface area contributed by atoms with E-state index in [1.807, 2.05) is 60.9 Å². The summed E-state index contributed by atoms with van der Waals surface area (Å²) in [5.74, 6) is 0.724. The van der Waals surface area contributed by atoms with Crippen LogP contribution >= 0.6 is 11.6 Å². The van der Waals surface area contributed by atoms with Crippen LogP contribution < -0.4 is 5.32 Å². The molecule has 8 heteroatoms. The first-order chi connectivity index (χ1) is 15.2. The van der Waals surface area contributed by atoms with E-state index in [1.165, 1.54) is 0 Å². The number of aromatic nitrogens is 3. The number of aromatic amines is 1. The van der Waals surface area contributed by atoms with Crippen molar-refractivity contribution in [2.75, 3.05) is 31.6 Å². The summed E-state index contributed by atoms with van der Waals surface area (Å²) in [7, 11) is 0. The zero-order valence-corrected chi connectivity index (χ0v) is 17.5. The molecule has 4 aromatic rings. The van der Waals surface area contributed by atoms with E-state index < -0.39 is 0 Å². The molecule has 0 amide bonds. The van der Waals surface area contributed by atoms with Crippen LogP contribution in [0.15, 0.2) is 65.9 Å². The fourth-order valence-electron chi connectivity index (χ4n) is 3.47. The zero-order valence-electron chi connectivity index (χ0n) is 16.8. The molecule has 0 saturated carbocycles. The summed E-state index contributed by atoms with van der Waals surface area (Å²) in [6, 6.07) is 17.7. The van der Waals surface area contributed by atoms with Crippen molar-refractivity contribution in [2.45, 2.75) is 0 Å². The average Bonchev–Trinajstić information content (AvgIpc) is 3.24. The smallest absolute Gasteiger partial charge is 0.143 e. The van der Waals surface area contributed by atoms with Crippen molar-refractivity contribution < 1.29 is 4.74 Å². The largest absolute Gasteiger partial charge is 0.378 e. The van der Waals surface area contributed by atoms with Gasteiger partial charge in [0.05, 0.1) is 30.6 Å². The highest BCUT2D eigenvalue weighted by Gasteiger charge is 2.10. The van der Waals surface area contributed by atoms with Crippen LogP contribution in [0.3, 0.4) is 0 Å². The van der Waals surface area contributed by atoms with Crippen LogP contribution in [0.1, 0.15) is 0 Å². The van der Waals surface area contributed by atoms with E-state index in [-0.39, 0.29) is 0 Å². The lowest BCUT2D eigenvalue weighted by Crippen LogP contribution is -2.34. The number of halogens is 1. The van der Waals surface area contributed by atoms with Crippen molar-refractivity contribution in [1.82, 2.24) is 19.9 Å². The van der Waals surface area contributed by atoms with Crippen LogP contribution in [-0.2, 0) is 4.74 Å². The van der Waals surface area contributed by atoms with Crippen molar-refractivity contribution in [2.24, 2.45) is 4.99 Å². The normalized spacial score (nSPS) is 14.4. The third-order valence-corrected chi connectivity index (χ3v) is 5.34. The molecule has 7 nitrogen and oxygen atoms in total. The van der Waals surface area contributed by atoms with Gasteiger partial charge in [-0.1, -0.05) is 29.8 Å². The van der Waals surface area contributed by atoms with Crippen molar-refractivity contribution in [3.63, 3.8) is 0 Å². The topological polar surface area (TPSA) is 78.4 Å². The second-order valence-corrected chi connectivity index (χ2v) is 7.68. The maximum absolute atomic E-state index is 6.10. The van der Waals surface area contributed by atoms with Gasteiger partial charge in [0.15, 0.2) is 0 Å². The Bertz CT molecular complexity index is 1210. The number of aliphatic imine (C=N–C) groups is 1. The number of hydrogen-bond donors (Lipinski definition) is 2. The van der Waals surface area contributed by atoms with E-state index in [9.17, 15) is 0 Å². The van der Waals surface area contributed by atoms with Crippen molar-refractivity contribution in [1.29, 1.82) is 0 Å². The minimum atomic E-state index is 0.668. The van der Waals surface area contributed by atoms with Gasteiger partial charge in [0.25, 0.3) is 0 Å². The van der Waals surface area contributed by atoms with Crippen LogP contribution in [-0.4, -0.2) is 52.5 Å². The molecule has 5 rings (SSSR count). The van der Waals surface area contributed by atoms with Gasteiger partial charge in [-0.15, -0.1) is 0 Å². The van der Waals surface area contributed by atoms with Gasteiger partial charge in [-0.2, -0.15) is 0 Å². The minimum absolute atomic E-state index is 0.668. The molecule has 2 aromatic carbocycles. The number of ether oxygens (including phenoxy) is 1. The highest BCUT2D eigenvalue weighted by Crippen LogP contribution is 2.29. The third kappa shape index (κ3) is 4.52. The van der Waals surface area contributed by atoms with E-state index in [0.717, 1.165) is 65.8 Å². The third-order valence-electron chi connectivity index (χ3n) is 5.11. The summed E-state index contributed by atoms with van der Waals surface area (Å²) in [4.78, 5) is 18.9. The lowest BCUT2D eigenvalue weighted by molar-refractivity contribution is 0.0701. The summed E-state index contributed by atoms with van der Waals surface area (Å²) < 4.78 is 5.36. The first kappa shape index (κ1) is 19.5. The van der Waals surface area contributed by atoms with Crippen molar-refractivity contribution in [3.8, 4) is 11.3 Å². The predicted molar refractivity (Wildman–Crippen MR) is 125 cm³/mol. The molecule has 3 heterocycles. The molecule has 1 aliphatic heterocycles. The Morgan fingerprint density at radius 2 is 1.90 bits per heavy atom. The average molecular weight is 433 g/mol. The fraction of sp³-hybridized carbons (Fsp3) is 0.174. The quantitative estimate of drug-likeness (QED) is 0.342. The number of rotatable bonds is 5. The molecule has 0 spiro atoms. The van der Waals surface area contributed by atoms with Crippen LogP contribution in [0, 0.1) is 0 Å². The number of hydrogen-bond acceptors (Lipinski definition) is 5. The molecule has 0 bridgehead atoms. The second kappa shape index (κ2) is 8.75. The Balaban J connectivity index is 1.37. The molecule has 0 unspecified atom stereocenters. The molecule has 2 aromatic heterocycles. The van der Waals surface area contributed by atoms with Gasteiger partial charge < -0.3 is 19.9 Å². The van der Waals surface area contributed by atoms with Gasteiger partial charge in [-0.05, 0) is 42.0 Å². The Labute approximate surface area is 184 Å². The highest BCUT2D eigenvalue weighted by molar-refractivity contribution is 6.30. The van der Waals surface area contributed by atoms with Crippen molar-refractivity contribution in [3.05, 3.63) is 65.9 Å². The lowest BCUT2D eigenvalue weighted by Gasteiger charge is -2.24. The molecule has 0 aliphatic carbocycles. The Hall–Kier alpha value is -3.42. The van der Waals surface area contributed by atoms with Gasteiger partial charge in [0, 0.05) is 29.5 Å². The number of benzene rings is 2. The van der Waals surface area contributed by atoms with Crippen LogP contribution in [0.25, 0.3) is 22.3 Å². The predicted octanol–water partition coefficient (Wildman–Crippen LogP) is 5.01. The number of nitrogens with zero attached hydrogens (tertiary/aromatic N) is 4. The van der Waals surface area contributed by atoms with E-state index >= 15 is 0 Å². The molecule has 2 N–H and O–H groups in total. The summed E-state index contributed by atoms with van der Waals surface area (Å²) >= 11 is 6.10. The molecule has 156 valence electrons. The number of fused-ring (bicyclic) bond motifs is 1. The maximum Gasteiger partial charge on any atom is 0.143 e. The summed E-state index contributed by atoms with van der Waals surface area (Å²) in [6.45, 7) is 3.26. The van der Waals surface area contributed by atoms with E-state index in [1.54, 1.807) is 6.33 Å². The Kier molecular flexibility index (Phi) is 5.52. The van der Waals surface area contributed by atoms with E-state index in [2.05, 4.69) is 30.2 Å². The van der Waals surface area contributed by atoms with Crippen LogP contribution in [0.2, 0.25) is 5.02 Å². The fourth-order valence-corrected chi connectivity index (χ4v) is 3.66. The van der Waals surface area contributed by atoms with Gasteiger partial charge in [0.1, 0.15) is 17.8 Å². The molecule has 31 heavy (non-hydrogen) atoms. The summed E-state index contributed by atoms with van der Waals surface area (Å²) in [6.07, 6.45) is 3.43. The number of morpholine rings is 1. The molecule has 0 radical (unpaired) electrons. The molecule has 1 aliphatic rings. The van der Waals surface area contributed by atoms with Crippen LogP contribution in [0.5, 0.6) is 0 Å². The number of H-pyrrole nitrogens is 1. The lowest BCUT2D eigenvalue weighted by atomic mass is 10.1. The second-order valence-electron chi connectivity index (χ2n) is 7.24. The molecule has 0 atom stereocenters. The molecular formula is C23H21ClN6O. The van der Waals surface area contributed by atoms with E-state index in [0.29, 0.717) is 5.02 Å². The van der Waals surface area contributed by atoms with Crippen LogP contribution in [0.4, 0.5) is 17.2 Å². The van der Waals surface area contributed by atoms with Crippen molar-refractivity contribution >= 4 is 46.2 Å². The monoisotopic (exact) mass is 432 g/mol. The van der Waals surface area contributed by atoms with Gasteiger partial charge in [0.2, 0.25) is 0 Å². The zero-order chi connectivity index (χ0) is 21.0. The number of anilines is 2. The molecule has 1 saturated heterocycles. The Morgan fingerprint density at radius 3 is 2.71 bits per heavy atom. The molecular weight excluding hydrogens is 412 g/mol. The SMILES string of the molecule is Clc1cccc(Nc2ncnc3[nH]c(-c4ccc(/N=C/N5CCOCC5)cc4)cc23)c1. The molecule has 1 fully saturated rings. The first-order valence-electron chi connectivity index (χ1n) is 10.1. The maximum atomic E-state index is 6.10.